The van der Waals surface area contributed by atoms with Crippen LogP contribution in [-0.2, 0) is 13.5 Å². The number of rotatable bonds is 5. The summed E-state index contributed by atoms with van der Waals surface area (Å²) < 4.78 is 15.5. The van der Waals surface area contributed by atoms with Crippen molar-refractivity contribution < 1.29 is 4.39 Å². The summed E-state index contributed by atoms with van der Waals surface area (Å²) >= 11 is 0. The predicted octanol–water partition coefficient (Wildman–Crippen LogP) is 2.00. The van der Waals surface area contributed by atoms with E-state index in [9.17, 15) is 4.39 Å². The molecule has 1 heterocycles. The van der Waals surface area contributed by atoms with Crippen LogP contribution in [-0.4, -0.2) is 9.55 Å². The molecule has 0 spiro atoms. The lowest BCUT2D eigenvalue weighted by atomic mass is 10.0. The van der Waals surface area contributed by atoms with Gasteiger partial charge in [0, 0.05) is 31.9 Å². The van der Waals surface area contributed by atoms with Gasteiger partial charge in [0.2, 0.25) is 0 Å². The minimum Gasteiger partial charge on any atom is -0.338 e. The summed E-state index contributed by atoms with van der Waals surface area (Å²) in [5.74, 6) is 6.36. The Bertz CT molecular complexity index is 550. The summed E-state index contributed by atoms with van der Waals surface area (Å²) in [7, 11) is 1.96. The minimum absolute atomic E-state index is 0.0770. The minimum atomic E-state index is -0.199. The molecule has 2 aromatic rings. The van der Waals surface area contributed by atoms with Crippen LogP contribution in [0.25, 0.3) is 0 Å². The van der Waals surface area contributed by atoms with Crippen LogP contribution in [0.2, 0.25) is 0 Å². The summed E-state index contributed by atoms with van der Waals surface area (Å²) in [6, 6.07) is 5.14. The van der Waals surface area contributed by atoms with Crippen LogP contribution in [0.15, 0.2) is 30.6 Å². The number of hydrazine groups is 1. The van der Waals surface area contributed by atoms with Crippen LogP contribution in [0.3, 0.4) is 0 Å². The number of nitrogens with zero attached hydrogens (tertiary/aromatic N) is 2. The quantitative estimate of drug-likeness (QED) is 0.640. The third kappa shape index (κ3) is 3.19. The van der Waals surface area contributed by atoms with Gasteiger partial charge in [-0.15, -0.1) is 0 Å². The van der Waals surface area contributed by atoms with E-state index in [0.29, 0.717) is 5.56 Å². The van der Waals surface area contributed by atoms with Crippen molar-refractivity contribution in [3.63, 3.8) is 0 Å². The van der Waals surface area contributed by atoms with Gasteiger partial charge in [0.25, 0.3) is 0 Å². The maximum Gasteiger partial charge on any atom is 0.126 e. The highest BCUT2D eigenvalue weighted by Crippen LogP contribution is 2.20. The van der Waals surface area contributed by atoms with E-state index in [0.717, 1.165) is 24.2 Å². The Morgan fingerprint density at radius 1 is 1.47 bits per heavy atom. The van der Waals surface area contributed by atoms with Crippen LogP contribution in [0.1, 0.15) is 29.4 Å². The highest BCUT2D eigenvalue weighted by atomic mass is 19.1. The smallest absolute Gasteiger partial charge is 0.126 e. The maximum absolute atomic E-state index is 13.6. The molecule has 0 amide bonds. The number of hydrogen-bond donors (Lipinski definition) is 2. The van der Waals surface area contributed by atoms with E-state index in [1.165, 1.54) is 6.07 Å². The summed E-state index contributed by atoms with van der Waals surface area (Å²) in [4.78, 5) is 4.27. The van der Waals surface area contributed by atoms with Crippen molar-refractivity contribution in [3.05, 3.63) is 53.4 Å². The van der Waals surface area contributed by atoms with E-state index >= 15 is 0 Å². The molecule has 19 heavy (non-hydrogen) atoms. The molecule has 0 saturated heterocycles. The Morgan fingerprint density at radius 3 is 2.84 bits per heavy atom. The van der Waals surface area contributed by atoms with Crippen molar-refractivity contribution in [2.45, 2.75) is 25.8 Å². The lowest BCUT2D eigenvalue weighted by Crippen LogP contribution is -2.28. The van der Waals surface area contributed by atoms with Gasteiger partial charge in [0.15, 0.2) is 0 Å². The van der Waals surface area contributed by atoms with Crippen molar-refractivity contribution in [1.82, 2.24) is 15.0 Å². The van der Waals surface area contributed by atoms with Gasteiger partial charge in [-0.1, -0.05) is 12.1 Å². The lowest BCUT2D eigenvalue weighted by Gasteiger charge is -2.16. The summed E-state index contributed by atoms with van der Waals surface area (Å²) in [6.45, 7) is 1.75. The van der Waals surface area contributed by atoms with E-state index in [4.69, 9.17) is 5.84 Å². The molecule has 1 atom stereocenters. The van der Waals surface area contributed by atoms with E-state index in [1.54, 1.807) is 19.2 Å². The zero-order valence-electron chi connectivity index (χ0n) is 11.2. The number of nitrogens with one attached hydrogen (secondary N) is 1. The molecule has 0 aliphatic carbocycles. The fourth-order valence-electron chi connectivity index (χ4n) is 2.08. The number of aromatic nitrogens is 2. The van der Waals surface area contributed by atoms with Gasteiger partial charge >= 0.3 is 0 Å². The molecule has 2 rings (SSSR count). The van der Waals surface area contributed by atoms with Crippen LogP contribution in [0, 0.1) is 12.7 Å². The molecule has 0 fully saturated rings. The molecule has 0 saturated carbocycles. The Labute approximate surface area is 112 Å². The van der Waals surface area contributed by atoms with E-state index in [1.807, 2.05) is 23.9 Å². The van der Waals surface area contributed by atoms with Crippen molar-refractivity contribution in [2.75, 3.05) is 0 Å². The van der Waals surface area contributed by atoms with Gasteiger partial charge in [0.05, 0.1) is 0 Å². The molecule has 102 valence electrons. The second-order valence-electron chi connectivity index (χ2n) is 4.72. The topological polar surface area (TPSA) is 55.9 Å². The maximum atomic E-state index is 13.6. The molecule has 4 nitrogen and oxygen atoms in total. The van der Waals surface area contributed by atoms with E-state index in [-0.39, 0.29) is 11.9 Å². The molecular weight excluding hydrogens is 243 g/mol. The molecule has 0 aliphatic rings. The van der Waals surface area contributed by atoms with Crippen molar-refractivity contribution in [2.24, 2.45) is 12.9 Å². The summed E-state index contributed by atoms with van der Waals surface area (Å²) in [6.07, 6.45) is 5.23. The van der Waals surface area contributed by atoms with Gasteiger partial charge in [-0.05, 0) is 30.5 Å². The average Bonchev–Trinajstić information content (AvgIpc) is 2.80. The average molecular weight is 262 g/mol. The first kappa shape index (κ1) is 13.7. The number of nitrogens with two attached hydrogens (primary N) is 1. The summed E-state index contributed by atoms with van der Waals surface area (Å²) in [5.41, 5.74) is 4.25. The monoisotopic (exact) mass is 262 g/mol. The number of halogens is 1. The molecule has 0 bridgehead atoms. The third-order valence-electron chi connectivity index (χ3n) is 3.38. The van der Waals surface area contributed by atoms with Crippen LogP contribution in [0.5, 0.6) is 0 Å². The Kier molecular flexibility index (Phi) is 4.29. The number of aryl methyl sites for hydroxylation is 3. The SMILES string of the molecule is Cc1ccc(C(CCc2nccn2C)NN)cc1F. The summed E-state index contributed by atoms with van der Waals surface area (Å²) in [5, 5.41) is 0. The number of hydrogen-bond acceptors (Lipinski definition) is 3. The number of imidazole rings is 1. The zero-order chi connectivity index (χ0) is 13.8. The Balaban J connectivity index is 2.07. The second kappa shape index (κ2) is 5.95. The zero-order valence-corrected chi connectivity index (χ0v) is 11.2. The van der Waals surface area contributed by atoms with Gasteiger partial charge in [-0.2, -0.15) is 0 Å². The first-order valence-corrected chi connectivity index (χ1v) is 6.30. The van der Waals surface area contributed by atoms with Gasteiger partial charge in [0.1, 0.15) is 11.6 Å². The Hall–Kier alpha value is -1.72. The van der Waals surface area contributed by atoms with Crippen LogP contribution < -0.4 is 11.3 Å². The third-order valence-corrected chi connectivity index (χ3v) is 3.38. The van der Waals surface area contributed by atoms with Gasteiger partial charge in [-0.25, -0.2) is 9.37 Å². The molecule has 0 radical (unpaired) electrons. The first-order chi connectivity index (χ1) is 9.11. The molecule has 0 aliphatic heterocycles. The highest BCUT2D eigenvalue weighted by molar-refractivity contribution is 5.25. The van der Waals surface area contributed by atoms with Crippen molar-refractivity contribution >= 4 is 0 Å². The normalized spacial score (nSPS) is 12.6. The van der Waals surface area contributed by atoms with Crippen molar-refractivity contribution in [1.29, 1.82) is 0 Å². The fraction of sp³-hybridized carbons (Fsp3) is 0.357. The van der Waals surface area contributed by atoms with Gasteiger partial charge < -0.3 is 4.57 Å². The highest BCUT2D eigenvalue weighted by Gasteiger charge is 2.12. The predicted molar refractivity (Wildman–Crippen MR) is 72.7 cm³/mol. The second-order valence-corrected chi connectivity index (χ2v) is 4.72. The molecule has 1 unspecified atom stereocenters. The van der Waals surface area contributed by atoms with Crippen LogP contribution >= 0.6 is 0 Å². The molecule has 1 aromatic heterocycles. The number of benzene rings is 1. The van der Waals surface area contributed by atoms with E-state index in [2.05, 4.69) is 10.4 Å². The van der Waals surface area contributed by atoms with Crippen molar-refractivity contribution in [3.8, 4) is 0 Å². The largest absolute Gasteiger partial charge is 0.338 e. The Morgan fingerprint density at radius 2 is 2.26 bits per heavy atom. The molecule has 5 heteroatoms. The van der Waals surface area contributed by atoms with Crippen LogP contribution in [0.4, 0.5) is 4.39 Å². The molecule has 1 aromatic carbocycles. The first-order valence-electron chi connectivity index (χ1n) is 6.30. The standard InChI is InChI=1S/C14H19FN4/c1-10-3-4-11(9-12(10)15)13(18-16)5-6-14-17-7-8-19(14)2/h3-4,7-9,13,18H,5-6,16H2,1-2H3. The molecule has 3 N–H and O–H groups in total. The van der Waals surface area contributed by atoms with E-state index < -0.39 is 0 Å². The lowest BCUT2D eigenvalue weighted by molar-refractivity contribution is 0.502. The molecular formula is C14H19FN4. The van der Waals surface area contributed by atoms with Gasteiger partial charge in [-0.3, -0.25) is 11.3 Å². The fourth-order valence-corrected chi connectivity index (χ4v) is 2.08.